The first kappa shape index (κ1) is 12.4. The smallest absolute Gasteiger partial charge is 0.322 e. The van der Waals surface area contributed by atoms with Crippen molar-refractivity contribution in [2.75, 3.05) is 13.7 Å². The zero-order chi connectivity index (χ0) is 12.3. The number of rotatable bonds is 2. The molecule has 0 spiro atoms. The van der Waals surface area contributed by atoms with Crippen LogP contribution in [-0.2, 0) is 9.53 Å². The van der Waals surface area contributed by atoms with Gasteiger partial charge in [0.2, 0.25) is 0 Å². The second kappa shape index (κ2) is 5.52. The van der Waals surface area contributed by atoms with E-state index in [0.29, 0.717) is 5.92 Å². The number of esters is 1. The van der Waals surface area contributed by atoms with E-state index in [2.05, 4.69) is 5.32 Å². The van der Waals surface area contributed by atoms with Crippen LogP contribution in [-0.4, -0.2) is 25.7 Å². The van der Waals surface area contributed by atoms with Crippen molar-refractivity contribution in [3.63, 3.8) is 0 Å². The molecule has 0 aromatic heterocycles. The molecule has 1 saturated heterocycles. The molecule has 17 heavy (non-hydrogen) atoms. The summed E-state index contributed by atoms with van der Waals surface area (Å²) in [6, 6.07) is 7.76. The van der Waals surface area contributed by atoms with Gasteiger partial charge in [-0.15, -0.1) is 0 Å². The van der Waals surface area contributed by atoms with Crippen molar-refractivity contribution in [2.24, 2.45) is 0 Å². The van der Waals surface area contributed by atoms with Crippen molar-refractivity contribution in [1.82, 2.24) is 5.32 Å². The Hall–Kier alpha value is -1.06. The van der Waals surface area contributed by atoms with E-state index in [1.807, 2.05) is 24.3 Å². The molecule has 1 aromatic carbocycles. The molecule has 0 bridgehead atoms. The average molecular weight is 254 g/mol. The Morgan fingerprint density at radius 2 is 2.06 bits per heavy atom. The molecule has 0 aliphatic carbocycles. The van der Waals surface area contributed by atoms with Crippen molar-refractivity contribution >= 4 is 17.6 Å². The predicted octanol–water partition coefficient (Wildman–Crippen LogP) is 2.35. The topological polar surface area (TPSA) is 38.3 Å². The van der Waals surface area contributed by atoms with Crippen LogP contribution in [0.3, 0.4) is 0 Å². The van der Waals surface area contributed by atoms with Crippen LogP contribution in [0, 0.1) is 0 Å². The fourth-order valence-electron chi connectivity index (χ4n) is 2.22. The lowest BCUT2D eigenvalue weighted by Gasteiger charge is -2.28. The molecule has 1 aliphatic heterocycles. The number of halogens is 1. The first-order valence-corrected chi connectivity index (χ1v) is 6.15. The number of methoxy groups -OCH3 is 1. The monoisotopic (exact) mass is 253 g/mol. The van der Waals surface area contributed by atoms with Gasteiger partial charge in [0.1, 0.15) is 6.04 Å². The van der Waals surface area contributed by atoms with Gasteiger partial charge in [-0.25, -0.2) is 0 Å². The van der Waals surface area contributed by atoms with Gasteiger partial charge in [-0.2, -0.15) is 0 Å². The van der Waals surface area contributed by atoms with Crippen LogP contribution in [0.4, 0.5) is 0 Å². The van der Waals surface area contributed by atoms with Crippen LogP contribution < -0.4 is 5.32 Å². The molecule has 1 aliphatic rings. The molecule has 3 nitrogen and oxygen atoms in total. The minimum Gasteiger partial charge on any atom is -0.468 e. The van der Waals surface area contributed by atoms with E-state index >= 15 is 0 Å². The van der Waals surface area contributed by atoms with Crippen LogP contribution in [0.1, 0.15) is 24.3 Å². The third kappa shape index (κ3) is 2.99. The van der Waals surface area contributed by atoms with E-state index in [9.17, 15) is 4.79 Å². The van der Waals surface area contributed by atoms with E-state index in [-0.39, 0.29) is 12.0 Å². The highest BCUT2D eigenvalue weighted by Gasteiger charge is 2.26. The van der Waals surface area contributed by atoms with Gasteiger partial charge in [-0.3, -0.25) is 4.79 Å². The van der Waals surface area contributed by atoms with Gasteiger partial charge in [0, 0.05) is 11.6 Å². The Balaban J connectivity index is 1.95. The maximum atomic E-state index is 11.4. The Morgan fingerprint density at radius 3 is 2.59 bits per heavy atom. The van der Waals surface area contributed by atoms with Gasteiger partial charge in [0.05, 0.1) is 7.11 Å². The third-order valence-corrected chi connectivity index (χ3v) is 3.49. The molecule has 92 valence electrons. The SMILES string of the molecule is COC(=O)C1CCC(c2ccc(Cl)cc2)CN1. The Morgan fingerprint density at radius 1 is 1.35 bits per heavy atom. The van der Waals surface area contributed by atoms with E-state index < -0.39 is 0 Å². The summed E-state index contributed by atoms with van der Waals surface area (Å²) in [7, 11) is 1.43. The number of hydrogen-bond acceptors (Lipinski definition) is 3. The van der Waals surface area contributed by atoms with Gasteiger partial charge >= 0.3 is 5.97 Å². The molecule has 2 unspecified atom stereocenters. The van der Waals surface area contributed by atoms with E-state index in [1.54, 1.807) is 0 Å². The summed E-state index contributed by atoms with van der Waals surface area (Å²) in [4.78, 5) is 11.4. The number of ether oxygens (including phenoxy) is 1. The van der Waals surface area contributed by atoms with Crippen molar-refractivity contribution in [3.8, 4) is 0 Å². The number of carbonyl (C=O) groups excluding carboxylic acids is 1. The first-order chi connectivity index (χ1) is 8.20. The maximum Gasteiger partial charge on any atom is 0.322 e. The number of benzene rings is 1. The van der Waals surface area contributed by atoms with E-state index in [4.69, 9.17) is 16.3 Å². The summed E-state index contributed by atoms with van der Waals surface area (Å²) in [6.45, 7) is 0.807. The highest BCUT2D eigenvalue weighted by Crippen LogP contribution is 2.26. The minimum absolute atomic E-state index is 0.149. The summed E-state index contributed by atoms with van der Waals surface area (Å²) >= 11 is 5.86. The van der Waals surface area contributed by atoms with Crippen LogP contribution >= 0.6 is 11.6 Å². The lowest BCUT2D eigenvalue weighted by Crippen LogP contribution is -2.43. The second-order valence-corrected chi connectivity index (χ2v) is 4.75. The van der Waals surface area contributed by atoms with Crippen molar-refractivity contribution in [1.29, 1.82) is 0 Å². The van der Waals surface area contributed by atoms with Crippen molar-refractivity contribution in [2.45, 2.75) is 24.8 Å². The minimum atomic E-state index is -0.167. The number of piperidine rings is 1. The van der Waals surface area contributed by atoms with Crippen LogP contribution in [0.15, 0.2) is 24.3 Å². The molecule has 2 rings (SSSR count). The molecule has 0 radical (unpaired) electrons. The maximum absolute atomic E-state index is 11.4. The summed E-state index contributed by atoms with van der Waals surface area (Å²) in [5.74, 6) is 0.285. The molecule has 2 atom stereocenters. The highest BCUT2D eigenvalue weighted by molar-refractivity contribution is 6.30. The fourth-order valence-corrected chi connectivity index (χ4v) is 2.35. The largest absolute Gasteiger partial charge is 0.468 e. The van der Waals surface area contributed by atoms with Gasteiger partial charge in [-0.1, -0.05) is 23.7 Å². The Labute approximate surface area is 106 Å². The molecule has 0 saturated carbocycles. The lowest BCUT2D eigenvalue weighted by molar-refractivity contribution is -0.143. The standard InChI is InChI=1S/C13H16ClNO2/c1-17-13(16)12-7-4-10(8-15-12)9-2-5-11(14)6-3-9/h2-3,5-6,10,12,15H,4,7-8H2,1H3. The highest BCUT2D eigenvalue weighted by atomic mass is 35.5. The van der Waals surface area contributed by atoms with Gasteiger partial charge < -0.3 is 10.1 Å². The summed E-state index contributed by atoms with van der Waals surface area (Å²) < 4.78 is 4.73. The molecule has 0 amide bonds. The number of nitrogens with one attached hydrogen (secondary N) is 1. The summed E-state index contributed by atoms with van der Waals surface area (Å²) in [5.41, 5.74) is 1.27. The zero-order valence-electron chi connectivity index (χ0n) is 9.78. The normalized spacial score (nSPS) is 24.4. The van der Waals surface area contributed by atoms with E-state index in [1.165, 1.54) is 12.7 Å². The molecular formula is C13H16ClNO2. The Bertz CT molecular complexity index is 383. The van der Waals surface area contributed by atoms with Crippen molar-refractivity contribution in [3.05, 3.63) is 34.9 Å². The Kier molecular flexibility index (Phi) is 4.02. The number of carbonyl (C=O) groups is 1. The third-order valence-electron chi connectivity index (χ3n) is 3.24. The zero-order valence-corrected chi connectivity index (χ0v) is 10.5. The summed E-state index contributed by atoms with van der Waals surface area (Å²) in [6.07, 6.45) is 1.81. The quantitative estimate of drug-likeness (QED) is 0.823. The molecule has 1 N–H and O–H groups in total. The van der Waals surface area contributed by atoms with Crippen LogP contribution in [0.5, 0.6) is 0 Å². The molecule has 4 heteroatoms. The average Bonchev–Trinajstić information content (AvgIpc) is 2.39. The predicted molar refractivity (Wildman–Crippen MR) is 67.2 cm³/mol. The van der Waals surface area contributed by atoms with Crippen molar-refractivity contribution < 1.29 is 9.53 Å². The lowest BCUT2D eigenvalue weighted by atomic mass is 9.89. The molecular weight excluding hydrogens is 238 g/mol. The van der Waals surface area contributed by atoms with Crippen LogP contribution in [0.2, 0.25) is 5.02 Å². The molecule has 1 aromatic rings. The summed E-state index contributed by atoms with van der Waals surface area (Å²) in [5, 5.41) is 3.98. The fraction of sp³-hybridized carbons (Fsp3) is 0.462. The van der Waals surface area contributed by atoms with Gasteiger partial charge in [0.15, 0.2) is 0 Å². The molecule has 1 fully saturated rings. The van der Waals surface area contributed by atoms with Gasteiger partial charge in [-0.05, 0) is 36.5 Å². The second-order valence-electron chi connectivity index (χ2n) is 4.31. The van der Waals surface area contributed by atoms with Gasteiger partial charge in [0.25, 0.3) is 0 Å². The van der Waals surface area contributed by atoms with E-state index in [0.717, 1.165) is 24.4 Å². The number of hydrogen-bond donors (Lipinski definition) is 1. The molecule has 1 heterocycles. The van der Waals surface area contributed by atoms with Crippen LogP contribution in [0.25, 0.3) is 0 Å². The first-order valence-electron chi connectivity index (χ1n) is 5.77.